The summed E-state index contributed by atoms with van der Waals surface area (Å²) < 4.78 is 14.9. The molecule has 10 atom stereocenters. The minimum atomic E-state index is -1.93. The van der Waals surface area contributed by atoms with Crippen LogP contribution in [0.15, 0.2) is 0 Å². The normalized spacial score (nSPS) is 49.8. The van der Waals surface area contributed by atoms with Crippen LogP contribution in [-0.2, 0) is 19.0 Å². The van der Waals surface area contributed by atoms with Crippen molar-refractivity contribution in [2.45, 2.75) is 61.4 Å². The van der Waals surface area contributed by atoms with Crippen LogP contribution in [0.3, 0.4) is 0 Å². The van der Waals surface area contributed by atoms with Crippen molar-refractivity contribution < 1.29 is 59.9 Å². The highest BCUT2D eigenvalue weighted by Crippen LogP contribution is 2.28. The number of rotatable bonds is 4. The SMILES string of the molecule is O=C(O)[C@H]1O[C@H](O[C@H]2[C@H](O)[C@@H](O)[C@H](O)O[C@@H]2CO)[C@H](O)[C@@H](O)[C@@H]1O. The molecule has 0 aromatic heterocycles. The molecule has 2 heterocycles. The van der Waals surface area contributed by atoms with Crippen molar-refractivity contribution in [3.63, 3.8) is 0 Å². The monoisotopic (exact) mass is 356 g/mol. The lowest BCUT2D eigenvalue weighted by atomic mass is 9.97. The maximum Gasteiger partial charge on any atom is 0.335 e. The van der Waals surface area contributed by atoms with Crippen LogP contribution in [0.5, 0.6) is 0 Å². The van der Waals surface area contributed by atoms with Gasteiger partial charge < -0.3 is 55.1 Å². The molecule has 0 saturated carbocycles. The van der Waals surface area contributed by atoms with E-state index in [1.165, 1.54) is 0 Å². The molecule has 2 rings (SSSR count). The second-order valence-corrected chi connectivity index (χ2v) is 5.56. The zero-order valence-electron chi connectivity index (χ0n) is 12.2. The molecule has 0 aromatic carbocycles. The van der Waals surface area contributed by atoms with Gasteiger partial charge in [0.1, 0.15) is 42.7 Å². The molecule has 2 saturated heterocycles. The zero-order valence-corrected chi connectivity index (χ0v) is 12.2. The topological polar surface area (TPSA) is 207 Å². The molecular weight excluding hydrogens is 336 g/mol. The van der Waals surface area contributed by atoms with Gasteiger partial charge >= 0.3 is 5.97 Å². The molecule has 0 amide bonds. The molecule has 2 aliphatic heterocycles. The van der Waals surface area contributed by atoms with E-state index in [1.54, 1.807) is 0 Å². The second-order valence-electron chi connectivity index (χ2n) is 5.56. The minimum Gasteiger partial charge on any atom is -0.479 e. The Hall–Kier alpha value is -0.930. The van der Waals surface area contributed by atoms with E-state index in [0.717, 1.165) is 0 Å². The molecule has 2 fully saturated rings. The predicted octanol–water partition coefficient (Wildman–Crippen LogP) is -5.30. The van der Waals surface area contributed by atoms with E-state index in [4.69, 9.17) is 19.3 Å². The van der Waals surface area contributed by atoms with Crippen molar-refractivity contribution >= 4 is 5.97 Å². The average Bonchev–Trinajstić information content (AvgIpc) is 2.54. The average molecular weight is 356 g/mol. The van der Waals surface area contributed by atoms with E-state index in [9.17, 15) is 40.5 Å². The Morgan fingerprint density at radius 3 is 2.04 bits per heavy atom. The van der Waals surface area contributed by atoms with Crippen LogP contribution in [0.25, 0.3) is 0 Å². The number of aliphatic carboxylic acids is 1. The number of ether oxygens (including phenoxy) is 3. The van der Waals surface area contributed by atoms with Crippen LogP contribution >= 0.6 is 0 Å². The lowest BCUT2D eigenvalue weighted by Gasteiger charge is -2.44. The van der Waals surface area contributed by atoms with Gasteiger partial charge in [0, 0.05) is 0 Å². The Kier molecular flexibility index (Phi) is 6.09. The van der Waals surface area contributed by atoms with Gasteiger partial charge in [0.2, 0.25) is 0 Å². The van der Waals surface area contributed by atoms with Crippen molar-refractivity contribution in [2.24, 2.45) is 0 Å². The van der Waals surface area contributed by atoms with Gasteiger partial charge in [0.25, 0.3) is 0 Å². The van der Waals surface area contributed by atoms with Crippen molar-refractivity contribution in [2.75, 3.05) is 6.61 Å². The van der Waals surface area contributed by atoms with Gasteiger partial charge in [-0.1, -0.05) is 0 Å². The Bertz CT molecular complexity index is 444. The number of aliphatic hydroxyl groups excluding tert-OH is 7. The van der Waals surface area contributed by atoms with E-state index in [-0.39, 0.29) is 0 Å². The summed E-state index contributed by atoms with van der Waals surface area (Å²) in [5, 5.41) is 76.2. The maximum absolute atomic E-state index is 11.0. The maximum atomic E-state index is 11.0. The molecule has 2 aliphatic rings. The highest BCUT2D eigenvalue weighted by Gasteiger charge is 2.51. The van der Waals surface area contributed by atoms with Gasteiger partial charge in [-0.05, 0) is 0 Å². The summed E-state index contributed by atoms with van der Waals surface area (Å²) >= 11 is 0. The highest BCUT2D eigenvalue weighted by atomic mass is 16.7. The molecule has 0 aliphatic carbocycles. The van der Waals surface area contributed by atoms with Crippen LogP contribution in [0.2, 0.25) is 0 Å². The molecule has 0 unspecified atom stereocenters. The van der Waals surface area contributed by atoms with Gasteiger partial charge in [-0.15, -0.1) is 0 Å². The molecule has 12 nitrogen and oxygen atoms in total. The van der Waals surface area contributed by atoms with Crippen LogP contribution in [0, 0.1) is 0 Å². The largest absolute Gasteiger partial charge is 0.479 e. The first-order chi connectivity index (χ1) is 11.2. The van der Waals surface area contributed by atoms with Crippen molar-refractivity contribution in [3.05, 3.63) is 0 Å². The highest BCUT2D eigenvalue weighted by molar-refractivity contribution is 5.73. The smallest absolute Gasteiger partial charge is 0.335 e. The third-order valence-electron chi connectivity index (χ3n) is 3.94. The Morgan fingerprint density at radius 1 is 0.875 bits per heavy atom. The van der Waals surface area contributed by atoms with Crippen LogP contribution in [0.4, 0.5) is 0 Å². The van der Waals surface area contributed by atoms with Gasteiger partial charge in [-0.2, -0.15) is 0 Å². The van der Waals surface area contributed by atoms with Gasteiger partial charge in [-0.25, -0.2) is 4.79 Å². The summed E-state index contributed by atoms with van der Waals surface area (Å²) in [6.07, 6.45) is -17.7. The molecule has 12 heteroatoms. The molecule has 140 valence electrons. The third-order valence-corrected chi connectivity index (χ3v) is 3.94. The van der Waals surface area contributed by atoms with Gasteiger partial charge in [0.05, 0.1) is 6.61 Å². The lowest BCUT2D eigenvalue weighted by molar-refractivity contribution is -0.351. The first-order valence-electron chi connectivity index (χ1n) is 7.07. The molecule has 0 aromatic rings. The molecular formula is C12H20O12. The van der Waals surface area contributed by atoms with E-state index in [0.29, 0.717) is 0 Å². The number of aliphatic hydroxyl groups is 7. The molecule has 24 heavy (non-hydrogen) atoms. The molecule has 0 bridgehead atoms. The molecule has 0 radical (unpaired) electrons. The second kappa shape index (κ2) is 7.53. The quantitative estimate of drug-likeness (QED) is 0.238. The van der Waals surface area contributed by atoms with Crippen molar-refractivity contribution in [1.82, 2.24) is 0 Å². The van der Waals surface area contributed by atoms with Crippen LogP contribution in [-0.4, -0.2) is 115 Å². The first kappa shape index (κ1) is 19.4. The van der Waals surface area contributed by atoms with Crippen molar-refractivity contribution in [3.8, 4) is 0 Å². The van der Waals surface area contributed by atoms with Crippen molar-refractivity contribution in [1.29, 1.82) is 0 Å². The number of carbonyl (C=O) groups is 1. The van der Waals surface area contributed by atoms with Crippen LogP contribution in [0.1, 0.15) is 0 Å². The Balaban J connectivity index is 2.16. The van der Waals surface area contributed by atoms with E-state index in [1.807, 2.05) is 0 Å². The fourth-order valence-electron chi connectivity index (χ4n) is 2.55. The third kappa shape index (κ3) is 3.52. The van der Waals surface area contributed by atoms with E-state index < -0.39 is 74.0 Å². The summed E-state index contributed by atoms with van der Waals surface area (Å²) in [5.74, 6) is -1.63. The minimum absolute atomic E-state index is 0.748. The summed E-state index contributed by atoms with van der Waals surface area (Å²) in [6.45, 7) is -0.748. The summed E-state index contributed by atoms with van der Waals surface area (Å²) in [7, 11) is 0. The molecule has 0 spiro atoms. The predicted molar refractivity (Wildman–Crippen MR) is 69.2 cm³/mol. The number of hydrogen-bond acceptors (Lipinski definition) is 11. The number of hydrogen-bond donors (Lipinski definition) is 8. The standard InChI is InChI=1S/C12H20O12/c13-1-2-8(5(16)6(17)11(21)22-2)23-12-7(18)3(14)4(15)9(24-12)10(19)20/h2-9,11-18,21H,1H2,(H,19,20)/t2-,3+,4+,5-,6-,7-,8-,9+,11-,12+/m1/s1. The lowest BCUT2D eigenvalue weighted by Crippen LogP contribution is -2.64. The Morgan fingerprint density at radius 2 is 1.50 bits per heavy atom. The number of carboxylic acid groups (broad SMARTS) is 1. The fraction of sp³-hybridized carbons (Fsp3) is 0.917. The summed E-state index contributed by atoms with van der Waals surface area (Å²) in [6, 6.07) is 0. The number of carboxylic acids is 1. The fourth-order valence-corrected chi connectivity index (χ4v) is 2.55. The van der Waals surface area contributed by atoms with Gasteiger partial charge in [-0.3, -0.25) is 0 Å². The van der Waals surface area contributed by atoms with Gasteiger partial charge in [0.15, 0.2) is 18.7 Å². The molecule has 8 N–H and O–H groups in total. The van der Waals surface area contributed by atoms with E-state index in [2.05, 4.69) is 0 Å². The van der Waals surface area contributed by atoms with E-state index >= 15 is 0 Å². The zero-order chi connectivity index (χ0) is 18.2. The Labute approximate surface area is 135 Å². The van der Waals surface area contributed by atoms with Crippen LogP contribution < -0.4 is 0 Å². The summed E-state index contributed by atoms with van der Waals surface area (Å²) in [4.78, 5) is 11.0. The first-order valence-corrected chi connectivity index (χ1v) is 7.07. The summed E-state index contributed by atoms with van der Waals surface area (Å²) in [5.41, 5.74) is 0.